The highest BCUT2D eigenvalue weighted by atomic mass is 16.5. The Hall–Kier alpha value is -2.37. The molecule has 138 valence electrons. The van der Waals surface area contributed by atoms with Crippen LogP contribution in [-0.4, -0.2) is 60.2 Å². The van der Waals surface area contributed by atoms with Crippen LogP contribution in [0.2, 0.25) is 0 Å². The Labute approximate surface area is 154 Å². The minimum Gasteiger partial charge on any atom is -0.482 e. The summed E-state index contributed by atoms with van der Waals surface area (Å²) in [6.45, 7) is 3.89. The largest absolute Gasteiger partial charge is 0.482 e. The molecule has 1 aliphatic heterocycles. The number of ether oxygens (including phenoxy) is 1. The summed E-state index contributed by atoms with van der Waals surface area (Å²) >= 11 is 0. The second-order valence-corrected chi connectivity index (χ2v) is 6.89. The second kappa shape index (κ2) is 8.83. The zero-order valence-electron chi connectivity index (χ0n) is 15.2. The minimum atomic E-state index is -0.962. The molecule has 3 rings (SSSR count). The number of carboxylic acids is 1. The molecule has 0 aromatic heterocycles. The summed E-state index contributed by atoms with van der Waals surface area (Å²) in [5, 5.41) is 8.67. The summed E-state index contributed by atoms with van der Waals surface area (Å²) in [5.74, 6) is -0.365. The van der Waals surface area contributed by atoms with Gasteiger partial charge >= 0.3 is 5.97 Å². The number of rotatable bonds is 7. The maximum atomic E-state index is 10.6. The Morgan fingerprint density at radius 2 is 1.81 bits per heavy atom. The first-order chi connectivity index (χ1) is 12.6. The molecule has 1 atom stereocenters. The van der Waals surface area contributed by atoms with Crippen LogP contribution < -0.4 is 4.74 Å². The van der Waals surface area contributed by atoms with Crippen LogP contribution in [-0.2, 0) is 17.8 Å². The van der Waals surface area contributed by atoms with Gasteiger partial charge in [0.05, 0.1) is 0 Å². The van der Waals surface area contributed by atoms with Gasteiger partial charge in [-0.25, -0.2) is 4.79 Å². The SMILES string of the molecule is CN1CCN(Cc2ccccc2)CC1Cc1ccc(OCC(=O)O)cc1. The first-order valence-corrected chi connectivity index (χ1v) is 9.00. The molecule has 1 N–H and O–H groups in total. The molecule has 0 saturated carbocycles. The van der Waals surface area contributed by atoms with Crippen LogP contribution in [0.3, 0.4) is 0 Å². The molecule has 1 unspecified atom stereocenters. The number of carbonyl (C=O) groups is 1. The standard InChI is InChI=1S/C21H26N2O3/c1-22-11-12-23(14-18-5-3-2-4-6-18)15-19(22)13-17-7-9-20(10-8-17)26-16-21(24)25/h2-10,19H,11-16H2,1H3,(H,24,25). The van der Waals surface area contributed by atoms with E-state index in [4.69, 9.17) is 9.84 Å². The molecule has 1 saturated heterocycles. The smallest absolute Gasteiger partial charge is 0.341 e. The van der Waals surface area contributed by atoms with E-state index in [1.807, 2.05) is 24.3 Å². The second-order valence-electron chi connectivity index (χ2n) is 6.89. The third kappa shape index (κ3) is 5.31. The van der Waals surface area contributed by atoms with Gasteiger partial charge in [0.25, 0.3) is 0 Å². The zero-order chi connectivity index (χ0) is 18.4. The number of benzene rings is 2. The van der Waals surface area contributed by atoms with E-state index in [1.54, 1.807) is 0 Å². The molecule has 5 heteroatoms. The average Bonchev–Trinajstić information content (AvgIpc) is 2.65. The molecule has 2 aromatic rings. The van der Waals surface area contributed by atoms with Gasteiger partial charge in [0.15, 0.2) is 6.61 Å². The predicted molar refractivity (Wildman–Crippen MR) is 101 cm³/mol. The normalized spacial score (nSPS) is 18.6. The van der Waals surface area contributed by atoms with Crippen molar-refractivity contribution in [1.29, 1.82) is 0 Å². The van der Waals surface area contributed by atoms with E-state index >= 15 is 0 Å². The Morgan fingerprint density at radius 1 is 1.08 bits per heavy atom. The summed E-state index contributed by atoms with van der Waals surface area (Å²) in [5.41, 5.74) is 2.60. The van der Waals surface area contributed by atoms with Gasteiger partial charge in [-0.05, 0) is 36.7 Å². The van der Waals surface area contributed by atoms with E-state index in [0.29, 0.717) is 11.8 Å². The lowest BCUT2D eigenvalue weighted by Gasteiger charge is -2.39. The van der Waals surface area contributed by atoms with Crippen molar-refractivity contribution in [2.45, 2.75) is 19.0 Å². The molecule has 0 amide bonds. The molecule has 1 aliphatic rings. The van der Waals surface area contributed by atoms with Gasteiger partial charge in [-0.2, -0.15) is 0 Å². The highest BCUT2D eigenvalue weighted by Crippen LogP contribution is 2.18. The topological polar surface area (TPSA) is 53.0 Å². The number of hydrogen-bond donors (Lipinski definition) is 1. The average molecular weight is 354 g/mol. The van der Waals surface area contributed by atoms with Crippen molar-refractivity contribution < 1.29 is 14.6 Å². The fraction of sp³-hybridized carbons (Fsp3) is 0.381. The fourth-order valence-corrected chi connectivity index (χ4v) is 3.35. The van der Waals surface area contributed by atoms with E-state index in [0.717, 1.165) is 32.6 Å². The van der Waals surface area contributed by atoms with Gasteiger partial charge in [-0.15, -0.1) is 0 Å². The third-order valence-corrected chi connectivity index (χ3v) is 4.87. The monoisotopic (exact) mass is 354 g/mol. The molecule has 2 aromatic carbocycles. The number of aliphatic carboxylic acids is 1. The number of nitrogens with zero attached hydrogens (tertiary/aromatic N) is 2. The minimum absolute atomic E-state index is 0.306. The number of hydrogen-bond acceptors (Lipinski definition) is 4. The lowest BCUT2D eigenvalue weighted by molar-refractivity contribution is -0.139. The van der Waals surface area contributed by atoms with Gasteiger partial charge in [0, 0.05) is 32.2 Å². The Kier molecular flexibility index (Phi) is 6.26. The molecule has 0 aliphatic carbocycles. The molecule has 0 bridgehead atoms. The molecule has 1 fully saturated rings. The summed E-state index contributed by atoms with van der Waals surface area (Å²) in [4.78, 5) is 15.5. The highest BCUT2D eigenvalue weighted by molar-refractivity contribution is 5.68. The van der Waals surface area contributed by atoms with Crippen LogP contribution in [0.1, 0.15) is 11.1 Å². The predicted octanol–water partition coefficient (Wildman–Crippen LogP) is 2.51. The van der Waals surface area contributed by atoms with Crippen LogP contribution in [0.15, 0.2) is 54.6 Å². The number of likely N-dealkylation sites (N-methyl/N-ethyl adjacent to an activating group) is 1. The molecule has 0 spiro atoms. The van der Waals surface area contributed by atoms with E-state index in [1.165, 1.54) is 11.1 Å². The van der Waals surface area contributed by atoms with E-state index in [2.05, 4.69) is 47.2 Å². The van der Waals surface area contributed by atoms with Crippen LogP contribution in [0, 0.1) is 0 Å². The van der Waals surface area contributed by atoms with Gasteiger partial charge in [-0.1, -0.05) is 42.5 Å². The van der Waals surface area contributed by atoms with Gasteiger partial charge in [0.2, 0.25) is 0 Å². The van der Waals surface area contributed by atoms with Crippen molar-refractivity contribution in [2.75, 3.05) is 33.3 Å². The van der Waals surface area contributed by atoms with Gasteiger partial charge < -0.3 is 14.7 Å². The zero-order valence-corrected chi connectivity index (χ0v) is 15.2. The Balaban J connectivity index is 1.56. The van der Waals surface area contributed by atoms with Crippen molar-refractivity contribution in [3.8, 4) is 5.75 Å². The molecule has 26 heavy (non-hydrogen) atoms. The lowest BCUT2D eigenvalue weighted by Crippen LogP contribution is -2.51. The summed E-state index contributed by atoms with van der Waals surface area (Å²) in [6.07, 6.45) is 0.973. The number of piperazine rings is 1. The fourth-order valence-electron chi connectivity index (χ4n) is 3.35. The highest BCUT2D eigenvalue weighted by Gasteiger charge is 2.24. The third-order valence-electron chi connectivity index (χ3n) is 4.87. The van der Waals surface area contributed by atoms with Crippen LogP contribution in [0.5, 0.6) is 5.75 Å². The molecular formula is C21H26N2O3. The van der Waals surface area contributed by atoms with E-state index in [-0.39, 0.29) is 6.61 Å². The van der Waals surface area contributed by atoms with E-state index in [9.17, 15) is 4.79 Å². The van der Waals surface area contributed by atoms with Crippen molar-refractivity contribution >= 4 is 5.97 Å². The van der Waals surface area contributed by atoms with Gasteiger partial charge in [0.1, 0.15) is 5.75 Å². The van der Waals surface area contributed by atoms with Gasteiger partial charge in [-0.3, -0.25) is 4.90 Å². The Morgan fingerprint density at radius 3 is 2.50 bits per heavy atom. The number of carboxylic acid groups (broad SMARTS) is 1. The quantitative estimate of drug-likeness (QED) is 0.828. The molecule has 5 nitrogen and oxygen atoms in total. The van der Waals surface area contributed by atoms with Crippen molar-refractivity contribution in [1.82, 2.24) is 9.80 Å². The van der Waals surface area contributed by atoms with Crippen LogP contribution >= 0.6 is 0 Å². The molecule has 0 radical (unpaired) electrons. The first kappa shape index (κ1) is 18.4. The summed E-state index contributed by atoms with van der Waals surface area (Å²) in [7, 11) is 2.19. The van der Waals surface area contributed by atoms with Crippen molar-refractivity contribution in [3.63, 3.8) is 0 Å². The maximum Gasteiger partial charge on any atom is 0.341 e. The summed E-state index contributed by atoms with van der Waals surface area (Å²) < 4.78 is 5.20. The van der Waals surface area contributed by atoms with Crippen molar-refractivity contribution in [3.05, 3.63) is 65.7 Å². The first-order valence-electron chi connectivity index (χ1n) is 9.00. The van der Waals surface area contributed by atoms with E-state index < -0.39 is 5.97 Å². The lowest BCUT2D eigenvalue weighted by atomic mass is 10.0. The Bertz CT molecular complexity index is 703. The van der Waals surface area contributed by atoms with Crippen molar-refractivity contribution in [2.24, 2.45) is 0 Å². The summed E-state index contributed by atoms with van der Waals surface area (Å²) in [6, 6.07) is 18.8. The molecule has 1 heterocycles. The maximum absolute atomic E-state index is 10.6. The van der Waals surface area contributed by atoms with Crippen LogP contribution in [0.4, 0.5) is 0 Å². The van der Waals surface area contributed by atoms with Crippen LogP contribution in [0.25, 0.3) is 0 Å². The molecular weight excluding hydrogens is 328 g/mol.